The van der Waals surface area contributed by atoms with Gasteiger partial charge < -0.3 is 14.6 Å². The molecule has 0 spiro atoms. The summed E-state index contributed by atoms with van der Waals surface area (Å²) >= 11 is 0. The summed E-state index contributed by atoms with van der Waals surface area (Å²) in [4.78, 5) is 24.3. The highest BCUT2D eigenvalue weighted by molar-refractivity contribution is 5.83. The minimum absolute atomic E-state index is 0.239. The van der Waals surface area contributed by atoms with Gasteiger partial charge in [0.05, 0.1) is 12.1 Å². The van der Waals surface area contributed by atoms with Gasteiger partial charge in [-0.05, 0) is 41.5 Å². The van der Waals surface area contributed by atoms with Gasteiger partial charge in [-0.3, -0.25) is 4.90 Å². The Morgan fingerprint density at radius 3 is 2.00 bits per heavy atom. The number of carboxylic acid groups (broad SMARTS) is 1. The fourth-order valence-electron chi connectivity index (χ4n) is 1.83. The number of amides is 1. The Kier molecular flexibility index (Phi) is 4.14. The third-order valence-corrected chi connectivity index (χ3v) is 2.45. The lowest BCUT2D eigenvalue weighted by Crippen LogP contribution is -2.68. The third kappa shape index (κ3) is 4.38. The van der Waals surface area contributed by atoms with Gasteiger partial charge in [-0.25, -0.2) is 9.59 Å². The zero-order chi connectivity index (χ0) is 15.0. The highest BCUT2D eigenvalue weighted by Crippen LogP contribution is 2.27. The predicted octanol–water partition coefficient (Wildman–Crippen LogP) is 1.87. The van der Waals surface area contributed by atoms with Gasteiger partial charge in [-0.2, -0.15) is 0 Å². The molecule has 0 bridgehead atoms. The van der Waals surface area contributed by atoms with Gasteiger partial charge in [0, 0.05) is 0 Å². The van der Waals surface area contributed by atoms with Crippen LogP contribution in [0.25, 0.3) is 0 Å². The Hall–Kier alpha value is -1.30. The SMILES string of the molecule is CC(C)(C)OC(=O)N1C[C@@H](OC(C)(C)C)[C@@H]1C(=O)O. The molecule has 0 unspecified atom stereocenters. The number of hydrogen-bond acceptors (Lipinski definition) is 4. The van der Waals surface area contributed by atoms with E-state index in [0.29, 0.717) is 0 Å². The van der Waals surface area contributed by atoms with E-state index in [0.717, 1.165) is 0 Å². The molecule has 0 aromatic carbocycles. The predicted molar refractivity (Wildman–Crippen MR) is 69.0 cm³/mol. The lowest BCUT2D eigenvalue weighted by atomic mass is 9.99. The fraction of sp³-hybridized carbons (Fsp3) is 0.846. The van der Waals surface area contributed by atoms with Crippen LogP contribution in [-0.2, 0) is 14.3 Å². The van der Waals surface area contributed by atoms with Crippen LogP contribution in [0, 0.1) is 0 Å². The van der Waals surface area contributed by atoms with E-state index in [4.69, 9.17) is 9.47 Å². The van der Waals surface area contributed by atoms with E-state index in [1.807, 2.05) is 20.8 Å². The van der Waals surface area contributed by atoms with Crippen LogP contribution < -0.4 is 0 Å². The summed E-state index contributed by atoms with van der Waals surface area (Å²) in [6, 6.07) is -0.978. The zero-order valence-electron chi connectivity index (χ0n) is 12.4. The molecule has 0 radical (unpaired) electrons. The summed E-state index contributed by atoms with van der Waals surface area (Å²) in [6.45, 7) is 11.0. The topological polar surface area (TPSA) is 76.1 Å². The average molecular weight is 273 g/mol. The Morgan fingerprint density at radius 1 is 1.11 bits per heavy atom. The first-order chi connectivity index (χ1) is 8.41. The average Bonchev–Trinajstić information content (AvgIpc) is 2.05. The van der Waals surface area contributed by atoms with Gasteiger partial charge in [0.1, 0.15) is 11.7 Å². The molecule has 1 N–H and O–H groups in total. The first kappa shape index (κ1) is 15.8. The monoisotopic (exact) mass is 273 g/mol. The molecule has 0 aliphatic carbocycles. The maximum absolute atomic E-state index is 11.9. The molecule has 110 valence electrons. The number of carbonyl (C=O) groups excluding carboxylic acids is 1. The van der Waals surface area contributed by atoms with Gasteiger partial charge >= 0.3 is 12.1 Å². The molecule has 2 atom stereocenters. The van der Waals surface area contributed by atoms with Crippen LogP contribution in [-0.4, -0.2) is 52.0 Å². The summed E-state index contributed by atoms with van der Waals surface area (Å²) in [5.41, 5.74) is -1.09. The Balaban J connectivity index is 2.69. The number of likely N-dealkylation sites (tertiary alicyclic amines) is 1. The Bertz CT molecular complexity index is 366. The second kappa shape index (κ2) is 5.00. The summed E-state index contributed by atoms with van der Waals surface area (Å²) in [5, 5.41) is 9.19. The van der Waals surface area contributed by atoms with E-state index < -0.39 is 35.4 Å². The highest BCUT2D eigenvalue weighted by Gasteiger charge is 2.50. The standard InChI is InChI=1S/C13H23NO5/c1-12(2,3)18-8-7-14(9(8)10(15)16)11(17)19-13(4,5)6/h8-9H,7H2,1-6H3,(H,15,16)/t8-,9-/m1/s1. The summed E-state index contributed by atoms with van der Waals surface area (Å²) in [7, 11) is 0. The molecular formula is C13H23NO5. The Labute approximate surface area is 113 Å². The normalized spacial score (nSPS) is 23.8. The molecule has 19 heavy (non-hydrogen) atoms. The van der Waals surface area contributed by atoms with E-state index in [1.54, 1.807) is 20.8 Å². The lowest BCUT2D eigenvalue weighted by Gasteiger charge is -2.47. The third-order valence-electron chi connectivity index (χ3n) is 2.45. The van der Waals surface area contributed by atoms with Crippen molar-refractivity contribution in [2.75, 3.05) is 6.54 Å². The number of aliphatic carboxylic acids is 1. The second-order valence-electron chi connectivity index (χ2n) is 6.68. The van der Waals surface area contributed by atoms with Gasteiger partial charge in [0.2, 0.25) is 0 Å². The lowest BCUT2D eigenvalue weighted by molar-refractivity contribution is -0.180. The van der Waals surface area contributed by atoms with Crippen molar-refractivity contribution in [3.8, 4) is 0 Å². The first-order valence-corrected chi connectivity index (χ1v) is 6.31. The van der Waals surface area contributed by atoms with Crippen molar-refractivity contribution in [3.05, 3.63) is 0 Å². The molecular weight excluding hydrogens is 250 g/mol. The van der Waals surface area contributed by atoms with Gasteiger partial charge in [-0.15, -0.1) is 0 Å². The summed E-state index contributed by atoms with van der Waals surface area (Å²) in [6.07, 6.45) is -1.11. The van der Waals surface area contributed by atoms with Gasteiger partial charge in [0.15, 0.2) is 6.04 Å². The molecule has 1 fully saturated rings. The second-order valence-corrected chi connectivity index (χ2v) is 6.68. The van der Waals surface area contributed by atoms with Crippen molar-refractivity contribution in [1.29, 1.82) is 0 Å². The van der Waals surface area contributed by atoms with Crippen LogP contribution in [0.1, 0.15) is 41.5 Å². The highest BCUT2D eigenvalue weighted by atomic mass is 16.6. The molecule has 6 nitrogen and oxygen atoms in total. The zero-order valence-corrected chi connectivity index (χ0v) is 12.4. The molecule has 0 aromatic rings. The van der Waals surface area contributed by atoms with Crippen molar-refractivity contribution in [2.45, 2.75) is 64.9 Å². The van der Waals surface area contributed by atoms with Crippen molar-refractivity contribution in [2.24, 2.45) is 0 Å². The molecule has 0 saturated carbocycles. The van der Waals surface area contributed by atoms with Crippen molar-refractivity contribution in [3.63, 3.8) is 0 Å². The quantitative estimate of drug-likeness (QED) is 0.831. The molecule has 1 aliphatic heterocycles. The van der Waals surface area contributed by atoms with Crippen molar-refractivity contribution in [1.82, 2.24) is 4.90 Å². The number of carbonyl (C=O) groups is 2. The maximum atomic E-state index is 11.9. The molecule has 0 aromatic heterocycles. The minimum atomic E-state index is -1.08. The van der Waals surface area contributed by atoms with E-state index in [-0.39, 0.29) is 6.54 Å². The first-order valence-electron chi connectivity index (χ1n) is 6.31. The molecule has 1 rings (SSSR count). The van der Waals surface area contributed by atoms with Crippen LogP contribution in [0.4, 0.5) is 4.79 Å². The van der Waals surface area contributed by atoms with Crippen LogP contribution >= 0.6 is 0 Å². The number of hydrogen-bond donors (Lipinski definition) is 1. The van der Waals surface area contributed by atoms with Gasteiger partial charge in [0.25, 0.3) is 0 Å². The molecule has 1 aliphatic rings. The van der Waals surface area contributed by atoms with Gasteiger partial charge in [-0.1, -0.05) is 0 Å². The minimum Gasteiger partial charge on any atom is -0.480 e. The van der Waals surface area contributed by atoms with Crippen molar-refractivity contribution < 1.29 is 24.2 Å². The van der Waals surface area contributed by atoms with Crippen LogP contribution in [0.3, 0.4) is 0 Å². The summed E-state index contributed by atoms with van der Waals surface area (Å²) < 4.78 is 10.8. The molecule has 1 saturated heterocycles. The van der Waals surface area contributed by atoms with Crippen molar-refractivity contribution >= 4 is 12.1 Å². The van der Waals surface area contributed by atoms with E-state index in [2.05, 4.69) is 0 Å². The number of nitrogens with zero attached hydrogens (tertiary/aromatic N) is 1. The molecule has 1 amide bonds. The van der Waals surface area contributed by atoms with E-state index in [9.17, 15) is 14.7 Å². The largest absolute Gasteiger partial charge is 0.480 e. The fourth-order valence-corrected chi connectivity index (χ4v) is 1.83. The molecule has 6 heteroatoms. The number of carboxylic acids is 1. The van der Waals surface area contributed by atoms with Crippen LogP contribution in [0.15, 0.2) is 0 Å². The molecule has 1 heterocycles. The Morgan fingerprint density at radius 2 is 1.63 bits per heavy atom. The van der Waals surface area contributed by atoms with Crippen LogP contribution in [0.5, 0.6) is 0 Å². The van der Waals surface area contributed by atoms with E-state index in [1.165, 1.54) is 4.90 Å². The number of ether oxygens (including phenoxy) is 2. The number of rotatable bonds is 2. The summed E-state index contributed by atoms with van der Waals surface area (Å²) in [5.74, 6) is -1.08. The maximum Gasteiger partial charge on any atom is 0.411 e. The van der Waals surface area contributed by atoms with Crippen LogP contribution in [0.2, 0.25) is 0 Å². The smallest absolute Gasteiger partial charge is 0.411 e. The van der Waals surface area contributed by atoms with E-state index >= 15 is 0 Å².